The molecule has 0 aliphatic rings. The molecular formula is C11H9F2NO. The average Bonchev–Trinajstić information content (AvgIpc) is 2.56. The number of carbonyl (C=O) groups excluding carboxylic acids is 1. The zero-order valence-electron chi connectivity index (χ0n) is 7.86. The van der Waals surface area contributed by atoms with E-state index < -0.39 is 6.43 Å². The smallest absolute Gasteiger partial charge is 0.256 e. The zero-order chi connectivity index (χ0) is 10.8. The van der Waals surface area contributed by atoms with Gasteiger partial charge in [-0.2, -0.15) is 0 Å². The number of para-hydroxylation sites is 1. The monoisotopic (exact) mass is 209 g/mol. The first-order valence-corrected chi connectivity index (χ1v) is 4.53. The largest absolute Gasteiger partial charge is 0.341 e. The van der Waals surface area contributed by atoms with Gasteiger partial charge in [-0.05, 0) is 6.07 Å². The number of fused-ring (bicyclic) bond motifs is 1. The molecule has 2 rings (SSSR count). The molecule has 1 heterocycles. The summed E-state index contributed by atoms with van der Waals surface area (Å²) in [4.78, 5) is 10.7. The summed E-state index contributed by atoms with van der Waals surface area (Å²) in [6.07, 6.45) is -0.269. The maximum Gasteiger partial charge on any atom is 0.256 e. The fourth-order valence-corrected chi connectivity index (χ4v) is 1.67. The van der Waals surface area contributed by atoms with Crippen LogP contribution in [-0.4, -0.2) is 17.3 Å². The first-order valence-electron chi connectivity index (χ1n) is 4.53. The molecule has 0 radical (unpaired) electrons. The summed E-state index contributed by atoms with van der Waals surface area (Å²) in [5.41, 5.74) is 1.12. The maximum absolute atomic E-state index is 12.3. The molecule has 1 aromatic carbocycles. The van der Waals surface area contributed by atoms with Crippen molar-refractivity contribution in [1.29, 1.82) is 0 Å². The van der Waals surface area contributed by atoms with Gasteiger partial charge in [0.25, 0.3) is 6.43 Å². The quantitative estimate of drug-likeness (QED) is 0.712. The molecule has 1 aromatic heterocycles. The summed E-state index contributed by atoms with van der Waals surface area (Å²) in [6.45, 7) is -0.381. The van der Waals surface area contributed by atoms with Crippen LogP contribution >= 0.6 is 0 Å². The van der Waals surface area contributed by atoms with Gasteiger partial charge in [0.05, 0.1) is 6.54 Å². The number of rotatable bonds is 3. The van der Waals surface area contributed by atoms with Gasteiger partial charge in [0.2, 0.25) is 0 Å². The molecule has 4 heteroatoms. The van der Waals surface area contributed by atoms with E-state index >= 15 is 0 Å². The lowest BCUT2D eigenvalue weighted by Gasteiger charge is -2.02. The minimum Gasteiger partial charge on any atom is -0.341 e. The van der Waals surface area contributed by atoms with Crippen LogP contribution in [0, 0.1) is 0 Å². The lowest BCUT2D eigenvalue weighted by molar-refractivity contribution is 0.112. The number of hydrogen-bond acceptors (Lipinski definition) is 1. The molecule has 0 aliphatic carbocycles. The van der Waals surface area contributed by atoms with Gasteiger partial charge < -0.3 is 4.57 Å². The first kappa shape index (κ1) is 9.83. The van der Waals surface area contributed by atoms with E-state index in [1.54, 1.807) is 24.3 Å². The minimum atomic E-state index is -2.42. The van der Waals surface area contributed by atoms with Crippen molar-refractivity contribution in [2.75, 3.05) is 0 Å². The highest BCUT2D eigenvalue weighted by Gasteiger charge is 2.10. The van der Waals surface area contributed by atoms with Gasteiger partial charge in [-0.15, -0.1) is 0 Å². The van der Waals surface area contributed by atoms with Gasteiger partial charge in [0.15, 0.2) is 6.29 Å². The summed E-state index contributed by atoms with van der Waals surface area (Å²) in [7, 11) is 0. The molecule has 2 aromatic rings. The molecule has 0 bridgehead atoms. The fraction of sp³-hybridized carbons (Fsp3) is 0.182. The van der Waals surface area contributed by atoms with Crippen molar-refractivity contribution in [2.24, 2.45) is 0 Å². The van der Waals surface area contributed by atoms with Crippen LogP contribution in [0.2, 0.25) is 0 Å². The van der Waals surface area contributed by atoms with E-state index in [1.165, 1.54) is 10.8 Å². The van der Waals surface area contributed by atoms with Gasteiger partial charge in [0, 0.05) is 22.7 Å². The van der Waals surface area contributed by atoms with Gasteiger partial charge in [-0.25, -0.2) is 8.78 Å². The highest BCUT2D eigenvalue weighted by Crippen LogP contribution is 2.20. The maximum atomic E-state index is 12.3. The van der Waals surface area contributed by atoms with E-state index in [1.807, 2.05) is 0 Å². The molecule has 0 atom stereocenters. The van der Waals surface area contributed by atoms with E-state index in [0.717, 1.165) is 0 Å². The number of halogens is 2. The second-order valence-corrected chi connectivity index (χ2v) is 3.26. The van der Waals surface area contributed by atoms with Gasteiger partial charge in [0.1, 0.15) is 0 Å². The Bertz CT molecular complexity index is 490. The third-order valence-corrected chi connectivity index (χ3v) is 2.28. The minimum absolute atomic E-state index is 0.381. The molecular weight excluding hydrogens is 200 g/mol. The Balaban J connectivity index is 2.59. The molecule has 0 aliphatic heterocycles. The summed E-state index contributed by atoms with van der Waals surface area (Å²) in [6, 6.07) is 7.02. The number of nitrogens with zero attached hydrogens (tertiary/aromatic N) is 1. The highest BCUT2D eigenvalue weighted by atomic mass is 19.3. The van der Waals surface area contributed by atoms with Crippen molar-refractivity contribution >= 4 is 17.2 Å². The molecule has 78 valence electrons. The number of hydrogen-bond donors (Lipinski definition) is 0. The summed E-state index contributed by atoms with van der Waals surface area (Å²) >= 11 is 0. The standard InChI is InChI=1S/C11H9F2NO/c12-11(13)6-14-5-8(7-15)9-3-1-2-4-10(9)14/h1-5,7,11H,6H2. The van der Waals surface area contributed by atoms with Crippen molar-refractivity contribution in [2.45, 2.75) is 13.0 Å². The Hall–Kier alpha value is -1.71. The van der Waals surface area contributed by atoms with Crippen molar-refractivity contribution in [3.63, 3.8) is 0 Å². The molecule has 0 N–H and O–H groups in total. The molecule has 0 amide bonds. The van der Waals surface area contributed by atoms with Crippen molar-refractivity contribution in [3.05, 3.63) is 36.0 Å². The van der Waals surface area contributed by atoms with Crippen molar-refractivity contribution < 1.29 is 13.6 Å². The van der Waals surface area contributed by atoms with Gasteiger partial charge >= 0.3 is 0 Å². The summed E-state index contributed by atoms with van der Waals surface area (Å²) in [5, 5.41) is 0.716. The van der Waals surface area contributed by atoms with Crippen molar-refractivity contribution in [1.82, 2.24) is 4.57 Å². The normalized spacial score (nSPS) is 11.1. The van der Waals surface area contributed by atoms with Crippen LogP contribution in [-0.2, 0) is 6.54 Å². The van der Waals surface area contributed by atoms with Crippen LogP contribution < -0.4 is 0 Å². The van der Waals surface area contributed by atoms with Crippen LogP contribution in [0.4, 0.5) is 8.78 Å². The predicted molar refractivity (Wildman–Crippen MR) is 53.3 cm³/mol. The molecule has 0 spiro atoms. The summed E-state index contributed by atoms with van der Waals surface area (Å²) in [5.74, 6) is 0. The lowest BCUT2D eigenvalue weighted by Crippen LogP contribution is -2.04. The van der Waals surface area contributed by atoms with Crippen LogP contribution in [0.15, 0.2) is 30.5 Å². The first-order chi connectivity index (χ1) is 7.22. The second-order valence-electron chi connectivity index (χ2n) is 3.26. The molecule has 2 nitrogen and oxygen atoms in total. The average molecular weight is 209 g/mol. The van der Waals surface area contributed by atoms with E-state index in [0.29, 0.717) is 22.8 Å². The van der Waals surface area contributed by atoms with Crippen LogP contribution in [0.5, 0.6) is 0 Å². The number of aldehydes is 1. The van der Waals surface area contributed by atoms with E-state index in [-0.39, 0.29) is 6.54 Å². The van der Waals surface area contributed by atoms with E-state index in [9.17, 15) is 13.6 Å². The number of benzene rings is 1. The number of carbonyl (C=O) groups is 1. The van der Waals surface area contributed by atoms with Gasteiger partial charge in [-0.3, -0.25) is 4.79 Å². The summed E-state index contributed by atoms with van der Waals surface area (Å²) < 4.78 is 25.9. The van der Waals surface area contributed by atoms with E-state index in [2.05, 4.69) is 0 Å². The Kier molecular flexibility index (Phi) is 2.49. The zero-order valence-corrected chi connectivity index (χ0v) is 7.86. The van der Waals surface area contributed by atoms with Crippen LogP contribution in [0.25, 0.3) is 10.9 Å². The van der Waals surface area contributed by atoms with Gasteiger partial charge in [-0.1, -0.05) is 18.2 Å². The number of aromatic nitrogens is 1. The SMILES string of the molecule is O=Cc1cn(CC(F)F)c2ccccc12. The van der Waals surface area contributed by atoms with Crippen LogP contribution in [0.3, 0.4) is 0 Å². The Morgan fingerprint density at radius 1 is 1.33 bits per heavy atom. The molecule has 0 fully saturated rings. The predicted octanol–water partition coefficient (Wildman–Crippen LogP) is 2.72. The molecule has 0 unspecified atom stereocenters. The van der Waals surface area contributed by atoms with Crippen LogP contribution in [0.1, 0.15) is 10.4 Å². The third kappa shape index (κ3) is 1.75. The fourth-order valence-electron chi connectivity index (χ4n) is 1.67. The Morgan fingerprint density at radius 3 is 2.73 bits per heavy atom. The van der Waals surface area contributed by atoms with E-state index in [4.69, 9.17) is 0 Å². The Morgan fingerprint density at radius 2 is 2.07 bits per heavy atom. The highest BCUT2D eigenvalue weighted by molar-refractivity contribution is 5.97. The Labute approximate surface area is 85.1 Å². The number of alkyl halides is 2. The second kappa shape index (κ2) is 3.81. The molecule has 15 heavy (non-hydrogen) atoms. The third-order valence-electron chi connectivity index (χ3n) is 2.28. The molecule has 0 saturated carbocycles. The lowest BCUT2D eigenvalue weighted by atomic mass is 10.2. The van der Waals surface area contributed by atoms with Crippen molar-refractivity contribution in [3.8, 4) is 0 Å². The molecule has 0 saturated heterocycles. The topological polar surface area (TPSA) is 22.0 Å².